The zero-order valence-corrected chi connectivity index (χ0v) is 18.0. The molecule has 1 saturated heterocycles. The number of piperidine rings is 1. The summed E-state index contributed by atoms with van der Waals surface area (Å²) in [6.45, 7) is 2.80. The summed E-state index contributed by atoms with van der Waals surface area (Å²) in [5.74, 6) is -1.54. The summed E-state index contributed by atoms with van der Waals surface area (Å²) >= 11 is 1.10. The summed E-state index contributed by atoms with van der Waals surface area (Å²) in [5.41, 5.74) is -0.0925. The van der Waals surface area contributed by atoms with Gasteiger partial charge < -0.3 is 4.90 Å². The molecule has 1 fully saturated rings. The number of carbonyl (C=O) groups excluding carboxylic acids is 1. The molecule has 0 radical (unpaired) electrons. The Bertz CT molecular complexity index is 1180. The molecule has 0 N–H and O–H groups in total. The minimum Gasteiger partial charge on any atom is -0.339 e. The van der Waals surface area contributed by atoms with Crippen molar-refractivity contribution < 1.29 is 13.6 Å². The van der Waals surface area contributed by atoms with E-state index < -0.39 is 17.2 Å². The van der Waals surface area contributed by atoms with Crippen LogP contribution in [0.15, 0.2) is 52.4 Å². The molecule has 1 aromatic heterocycles. The maximum absolute atomic E-state index is 14.6. The zero-order valence-electron chi connectivity index (χ0n) is 17.2. The number of fused-ring (bicyclic) bond motifs is 1. The molecular formula is C23H23F2N3O2S. The molecule has 2 aromatic carbocycles. The van der Waals surface area contributed by atoms with E-state index in [4.69, 9.17) is 0 Å². The van der Waals surface area contributed by atoms with Crippen LogP contribution in [0.2, 0.25) is 0 Å². The zero-order chi connectivity index (χ0) is 22.0. The molecule has 0 bridgehead atoms. The number of carbonyl (C=O) groups is 1. The Labute approximate surface area is 183 Å². The number of halogens is 2. The van der Waals surface area contributed by atoms with Gasteiger partial charge in [-0.05, 0) is 49.9 Å². The fraction of sp³-hybridized carbons (Fsp3) is 0.348. The summed E-state index contributed by atoms with van der Waals surface area (Å²) in [5, 5.41) is 0.525. The van der Waals surface area contributed by atoms with Gasteiger partial charge in [-0.1, -0.05) is 30.8 Å². The lowest BCUT2D eigenvalue weighted by Gasteiger charge is -2.35. The SMILES string of the molecule is CCC1CCCCN1C(=O)CSc1nc2ccccc2c(=O)n1-c1ccc(F)cc1F. The number of nitrogens with zero attached hydrogens (tertiary/aromatic N) is 3. The fourth-order valence-corrected chi connectivity index (χ4v) is 4.94. The van der Waals surface area contributed by atoms with Crippen LogP contribution in [0.1, 0.15) is 32.6 Å². The van der Waals surface area contributed by atoms with Crippen molar-refractivity contribution in [1.29, 1.82) is 0 Å². The Morgan fingerprint density at radius 2 is 2.00 bits per heavy atom. The molecule has 3 aromatic rings. The minimum atomic E-state index is -0.866. The van der Waals surface area contributed by atoms with E-state index in [0.29, 0.717) is 10.9 Å². The molecule has 1 aliphatic rings. The lowest BCUT2D eigenvalue weighted by Crippen LogP contribution is -2.44. The molecule has 1 unspecified atom stereocenters. The molecule has 0 saturated carbocycles. The van der Waals surface area contributed by atoms with Gasteiger partial charge in [0.1, 0.15) is 11.6 Å². The van der Waals surface area contributed by atoms with Gasteiger partial charge in [-0.25, -0.2) is 13.8 Å². The third-order valence-electron chi connectivity index (χ3n) is 5.64. The van der Waals surface area contributed by atoms with E-state index in [2.05, 4.69) is 11.9 Å². The average Bonchev–Trinajstić information content (AvgIpc) is 2.78. The summed E-state index contributed by atoms with van der Waals surface area (Å²) in [4.78, 5) is 32.5. The Kier molecular flexibility index (Phi) is 6.36. The Morgan fingerprint density at radius 3 is 2.77 bits per heavy atom. The second-order valence-electron chi connectivity index (χ2n) is 7.58. The van der Waals surface area contributed by atoms with Crippen molar-refractivity contribution in [1.82, 2.24) is 14.5 Å². The molecule has 8 heteroatoms. The number of likely N-dealkylation sites (tertiary alicyclic amines) is 1. The summed E-state index contributed by atoms with van der Waals surface area (Å²) < 4.78 is 29.1. The van der Waals surface area contributed by atoms with Crippen molar-refractivity contribution in [2.45, 2.75) is 43.8 Å². The molecule has 1 aliphatic heterocycles. The molecule has 1 amide bonds. The number of benzene rings is 2. The Hall–Kier alpha value is -2.74. The lowest BCUT2D eigenvalue weighted by molar-refractivity contribution is -0.132. The van der Waals surface area contributed by atoms with Crippen LogP contribution in [-0.4, -0.2) is 38.7 Å². The average molecular weight is 444 g/mol. The van der Waals surface area contributed by atoms with Crippen molar-refractivity contribution in [3.05, 3.63) is 64.5 Å². The van der Waals surface area contributed by atoms with Crippen LogP contribution >= 0.6 is 11.8 Å². The Morgan fingerprint density at radius 1 is 1.19 bits per heavy atom. The van der Waals surface area contributed by atoms with Crippen molar-refractivity contribution >= 4 is 28.6 Å². The molecule has 162 valence electrons. The summed E-state index contributed by atoms with van der Waals surface area (Å²) in [7, 11) is 0. The third-order valence-corrected chi connectivity index (χ3v) is 6.56. The summed E-state index contributed by atoms with van der Waals surface area (Å²) in [6, 6.07) is 10.0. The maximum Gasteiger partial charge on any atom is 0.266 e. The molecular weight excluding hydrogens is 420 g/mol. The number of aromatic nitrogens is 2. The van der Waals surface area contributed by atoms with Gasteiger partial charge in [0.2, 0.25) is 5.91 Å². The monoisotopic (exact) mass is 443 g/mol. The highest BCUT2D eigenvalue weighted by Gasteiger charge is 2.26. The van der Waals surface area contributed by atoms with Gasteiger partial charge in [0.05, 0.1) is 22.3 Å². The first-order chi connectivity index (χ1) is 15.0. The molecule has 5 nitrogen and oxygen atoms in total. The smallest absolute Gasteiger partial charge is 0.266 e. The number of hydrogen-bond acceptors (Lipinski definition) is 4. The third kappa shape index (κ3) is 4.35. The van der Waals surface area contributed by atoms with Gasteiger partial charge >= 0.3 is 0 Å². The molecule has 0 aliphatic carbocycles. The number of amides is 1. The van der Waals surface area contributed by atoms with Crippen LogP contribution < -0.4 is 5.56 Å². The van der Waals surface area contributed by atoms with E-state index in [1.165, 1.54) is 6.07 Å². The van der Waals surface area contributed by atoms with Crippen LogP contribution in [0.4, 0.5) is 8.78 Å². The predicted molar refractivity (Wildman–Crippen MR) is 118 cm³/mol. The first-order valence-corrected chi connectivity index (χ1v) is 11.4. The quantitative estimate of drug-likeness (QED) is 0.429. The predicted octanol–water partition coefficient (Wildman–Crippen LogP) is 4.55. The normalized spacial score (nSPS) is 16.6. The van der Waals surface area contributed by atoms with Crippen LogP contribution in [0.3, 0.4) is 0 Å². The Balaban J connectivity index is 1.72. The van der Waals surface area contributed by atoms with Gasteiger partial charge in [0.25, 0.3) is 5.56 Å². The summed E-state index contributed by atoms with van der Waals surface area (Å²) in [6.07, 6.45) is 3.99. The van der Waals surface area contributed by atoms with Crippen LogP contribution in [0.25, 0.3) is 16.6 Å². The fourth-order valence-electron chi connectivity index (χ4n) is 4.05. The van der Waals surface area contributed by atoms with Gasteiger partial charge in [-0.15, -0.1) is 0 Å². The largest absolute Gasteiger partial charge is 0.339 e. The number of para-hydroxylation sites is 1. The second-order valence-corrected chi connectivity index (χ2v) is 8.52. The first kappa shape index (κ1) is 21.5. The van der Waals surface area contributed by atoms with Crippen molar-refractivity contribution in [2.75, 3.05) is 12.3 Å². The molecule has 0 spiro atoms. The van der Waals surface area contributed by atoms with Gasteiger partial charge in [-0.2, -0.15) is 0 Å². The van der Waals surface area contributed by atoms with E-state index >= 15 is 0 Å². The molecule has 1 atom stereocenters. The number of rotatable bonds is 5. The van der Waals surface area contributed by atoms with E-state index in [1.807, 2.05) is 4.90 Å². The van der Waals surface area contributed by atoms with Gasteiger partial charge in [-0.3, -0.25) is 14.2 Å². The topological polar surface area (TPSA) is 55.2 Å². The molecule has 4 rings (SSSR count). The highest BCUT2D eigenvalue weighted by Crippen LogP contribution is 2.25. The van der Waals surface area contributed by atoms with Crippen LogP contribution in [-0.2, 0) is 4.79 Å². The minimum absolute atomic E-state index is 0.0231. The molecule has 31 heavy (non-hydrogen) atoms. The molecule has 2 heterocycles. The highest BCUT2D eigenvalue weighted by molar-refractivity contribution is 7.99. The standard InChI is InChI=1S/C23H23F2N3O2S/c1-2-16-7-5-6-12-27(16)21(29)14-31-23-26-19-9-4-3-8-17(19)22(30)28(23)20-11-10-15(24)13-18(20)25/h3-4,8-11,13,16H,2,5-7,12,14H2,1H3. The van der Waals surface area contributed by atoms with Crippen LogP contribution in [0.5, 0.6) is 0 Å². The maximum atomic E-state index is 14.6. The van der Waals surface area contributed by atoms with Gasteiger partial charge in [0, 0.05) is 18.7 Å². The number of hydrogen-bond donors (Lipinski definition) is 0. The van der Waals surface area contributed by atoms with Crippen molar-refractivity contribution in [2.24, 2.45) is 0 Å². The van der Waals surface area contributed by atoms with Gasteiger partial charge in [0.15, 0.2) is 5.16 Å². The van der Waals surface area contributed by atoms with E-state index in [-0.39, 0.29) is 28.5 Å². The highest BCUT2D eigenvalue weighted by atomic mass is 32.2. The van der Waals surface area contributed by atoms with E-state index in [0.717, 1.165) is 60.7 Å². The lowest BCUT2D eigenvalue weighted by atomic mass is 10.0. The number of thioether (sulfide) groups is 1. The first-order valence-electron chi connectivity index (χ1n) is 10.4. The van der Waals surface area contributed by atoms with E-state index in [1.54, 1.807) is 24.3 Å². The van der Waals surface area contributed by atoms with Crippen LogP contribution in [0, 0.1) is 11.6 Å². The van der Waals surface area contributed by atoms with E-state index in [9.17, 15) is 18.4 Å². The second kappa shape index (κ2) is 9.18. The van der Waals surface area contributed by atoms with Crippen molar-refractivity contribution in [3.8, 4) is 5.69 Å². The van der Waals surface area contributed by atoms with Crippen molar-refractivity contribution in [3.63, 3.8) is 0 Å².